The van der Waals surface area contributed by atoms with E-state index in [1.807, 2.05) is 25.1 Å². The van der Waals surface area contributed by atoms with Gasteiger partial charge in [-0.2, -0.15) is 4.31 Å². The molecule has 1 atom stereocenters. The largest absolute Gasteiger partial charge is 0.243 e. The zero-order valence-corrected chi connectivity index (χ0v) is 14.6. The average molecular weight is 347 g/mol. The molecule has 1 unspecified atom stereocenters. The smallest absolute Gasteiger partial charge is 0.207 e. The highest BCUT2D eigenvalue weighted by Crippen LogP contribution is 2.34. The fourth-order valence-electron chi connectivity index (χ4n) is 3.26. The molecule has 0 aliphatic carbocycles. The number of hydrogen-bond donors (Lipinski definition) is 0. The van der Waals surface area contributed by atoms with Gasteiger partial charge >= 0.3 is 0 Å². The molecular weight excluding hydrogens is 325 g/mol. The van der Waals surface area contributed by atoms with Crippen LogP contribution in [-0.2, 0) is 10.0 Å². The lowest BCUT2D eigenvalue weighted by Crippen LogP contribution is -2.34. The molecule has 128 valence electrons. The topological polar surface area (TPSA) is 37.4 Å². The van der Waals surface area contributed by atoms with E-state index in [-0.39, 0.29) is 11.9 Å². The summed E-state index contributed by atoms with van der Waals surface area (Å²) >= 11 is 0. The SMILES string of the molecule is Cc1ccc(S(=O)(=O)N2CCCCCC2c2cccc(F)c2)cc1. The number of aryl methyl sites for hydroxylation is 1. The van der Waals surface area contributed by atoms with Crippen LogP contribution in [0.4, 0.5) is 4.39 Å². The minimum atomic E-state index is -3.60. The maximum absolute atomic E-state index is 13.6. The van der Waals surface area contributed by atoms with Crippen LogP contribution in [0, 0.1) is 12.7 Å². The summed E-state index contributed by atoms with van der Waals surface area (Å²) in [5.74, 6) is -0.329. The number of sulfonamides is 1. The Bertz CT molecular complexity index is 802. The van der Waals surface area contributed by atoms with Gasteiger partial charge in [-0.3, -0.25) is 0 Å². The van der Waals surface area contributed by atoms with Crippen molar-refractivity contribution in [1.82, 2.24) is 4.31 Å². The lowest BCUT2D eigenvalue weighted by molar-refractivity contribution is 0.328. The molecule has 0 N–H and O–H groups in total. The highest BCUT2D eigenvalue weighted by molar-refractivity contribution is 7.89. The number of nitrogens with zero attached hydrogens (tertiary/aromatic N) is 1. The van der Waals surface area contributed by atoms with Crippen molar-refractivity contribution in [2.45, 2.75) is 43.5 Å². The summed E-state index contributed by atoms with van der Waals surface area (Å²) in [5.41, 5.74) is 1.75. The predicted octanol–water partition coefficient (Wildman–Crippen LogP) is 4.44. The van der Waals surface area contributed by atoms with Gasteiger partial charge in [0.25, 0.3) is 0 Å². The first-order valence-corrected chi connectivity index (χ1v) is 9.76. The first kappa shape index (κ1) is 17.1. The molecule has 0 radical (unpaired) electrons. The van der Waals surface area contributed by atoms with Crippen LogP contribution in [-0.4, -0.2) is 19.3 Å². The number of hydrogen-bond acceptors (Lipinski definition) is 2. The van der Waals surface area contributed by atoms with Gasteiger partial charge < -0.3 is 0 Å². The van der Waals surface area contributed by atoms with Gasteiger partial charge in [0.2, 0.25) is 10.0 Å². The van der Waals surface area contributed by atoms with Crippen LogP contribution in [0.25, 0.3) is 0 Å². The zero-order valence-electron chi connectivity index (χ0n) is 13.8. The first-order chi connectivity index (χ1) is 11.5. The van der Waals surface area contributed by atoms with Gasteiger partial charge in [0.05, 0.1) is 10.9 Å². The molecule has 0 aromatic heterocycles. The summed E-state index contributed by atoms with van der Waals surface area (Å²) in [7, 11) is -3.60. The van der Waals surface area contributed by atoms with Gasteiger partial charge in [0.1, 0.15) is 5.82 Å². The maximum Gasteiger partial charge on any atom is 0.243 e. The third-order valence-corrected chi connectivity index (χ3v) is 6.49. The fraction of sp³-hybridized carbons (Fsp3) is 0.368. The Morgan fingerprint density at radius 1 is 1.04 bits per heavy atom. The van der Waals surface area contributed by atoms with Crippen LogP contribution >= 0.6 is 0 Å². The molecule has 0 spiro atoms. The minimum absolute atomic E-state index is 0.302. The molecule has 1 saturated heterocycles. The van der Waals surface area contributed by atoms with Crippen molar-refractivity contribution in [3.63, 3.8) is 0 Å². The van der Waals surface area contributed by atoms with E-state index in [2.05, 4.69) is 0 Å². The molecule has 1 aliphatic rings. The molecule has 1 heterocycles. The molecule has 0 bridgehead atoms. The lowest BCUT2D eigenvalue weighted by Gasteiger charge is -2.29. The molecule has 5 heteroatoms. The Kier molecular flexibility index (Phi) is 5.01. The van der Waals surface area contributed by atoms with E-state index in [0.29, 0.717) is 17.9 Å². The van der Waals surface area contributed by atoms with E-state index >= 15 is 0 Å². The Hall–Kier alpha value is -1.72. The molecule has 2 aromatic rings. The Morgan fingerprint density at radius 3 is 2.50 bits per heavy atom. The maximum atomic E-state index is 13.6. The van der Waals surface area contributed by atoms with Gasteiger partial charge in [-0.15, -0.1) is 0 Å². The van der Waals surface area contributed by atoms with Crippen molar-refractivity contribution in [2.75, 3.05) is 6.54 Å². The fourth-order valence-corrected chi connectivity index (χ4v) is 4.94. The van der Waals surface area contributed by atoms with E-state index in [1.165, 1.54) is 12.1 Å². The van der Waals surface area contributed by atoms with Crippen LogP contribution in [0.1, 0.15) is 42.9 Å². The van der Waals surface area contributed by atoms with Crippen molar-refractivity contribution >= 4 is 10.0 Å². The van der Waals surface area contributed by atoms with Crippen molar-refractivity contribution in [3.05, 3.63) is 65.5 Å². The van der Waals surface area contributed by atoms with Crippen LogP contribution < -0.4 is 0 Å². The van der Waals surface area contributed by atoms with Crippen LogP contribution in [0.15, 0.2) is 53.4 Å². The van der Waals surface area contributed by atoms with Crippen molar-refractivity contribution in [2.24, 2.45) is 0 Å². The molecule has 1 fully saturated rings. The van der Waals surface area contributed by atoms with Crippen LogP contribution in [0.3, 0.4) is 0 Å². The Labute approximate surface area is 143 Å². The summed E-state index contributed by atoms with van der Waals surface area (Å²) < 4.78 is 41.5. The van der Waals surface area contributed by atoms with Crippen molar-refractivity contribution in [1.29, 1.82) is 0 Å². The van der Waals surface area contributed by atoms with E-state index in [1.54, 1.807) is 22.5 Å². The third-order valence-electron chi connectivity index (χ3n) is 4.56. The van der Waals surface area contributed by atoms with Gasteiger partial charge in [0.15, 0.2) is 0 Å². The summed E-state index contributed by atoms with van der Waals surface area (Å²) in [4.78, 5) is 0.302. The Morgan fingerprint density at radius 2 is 1.79 bits per heavy atom. The van der Waals surface area contributed by atoms with E-state index in [4.69, 9.17) is 0 Å². The number of rotatable bonds is 3. The Balaban J connectivity index is 2.02. The second-order valence-electron chi connectivity index (χ2n) is 6.35. The molecule has 24 heavy (non-hydrogen) atoms. The monoisotopic (exact) mass is 347 g/mol. The van der Waals surface area contributed by atoms with Crippen LogP contribution in [0.5, 0.6) is 0 Å². The molecule has 0 saturated carbocycles. The normalized spacial score (nSPS) is 19.8. The highest BCUT2D eigenvalue weighted by atomic mass is 32.2. The average Bonchev–Trinajstić information content (AvgIpc) is 2.81. The predicted molar refractivity (Wildman–Crippen MR) is 92.7 cm³/mol. The van der Waals surface area contributed by atoms with E-state index in [9.17, 15) is 12.8 Å². The molecule has 3 nitrogen and oxygen atoms in total. The molecule has 3 rings (SSSR count). The van der Waals surface area contributed by atoms with E-state index in [0.717, 1.165) is 30.4 Å². The van der Waals surface area contributed by atoms with Gasteiger partial charge in [-0.1, -0.05) is 42.7 Å². The lowest BCUT2D eigenvalue weighted by atomic mass is 10.0. The zero-order chi connectivity index (χ0) is 17.2. The molecule has 2 aromatic carbocycles. The van der Waals surface area contributed by atoms with Gasteiger partial charge in [-0.25, -0.2) is 12.8 Å². The summed E-state index contributed by atoms with van der Waals surface area (Å²) in [6, 6.07) is 12.9. The first-order valence-electron chi connectivity index (χ1n) is 8.32. The summed E-state index contributed by atoms with van der Waals surface area (Å²) in [5, 5.41) is 0. The number of halogens is 1. The minimum Gasteiger partial charge on any atom is -0.207 e. The van der Waals surface area contributed by atoms with Gasteiger partial charge in [-0.05, 0) is 49.6 Å². The second-order valence-corrected chi connectivity index (χ2v) is 8.24. The third kappa shape index (κ3) is 3.52. The molecule has 1 aliphatic heterocycles. The molecule has 0 amide bonds. The summed E-state index contributed by atoms with van der Waals surface area (Å²) in [6.45, 7) is 2.40. The highest BCUT2D eigenvalue weighted by Gasteiger charge is 2.33. The van der Waals surface area contributed by atoms with E-state index < -0.39 is 10.0 Å². The van der Waals surface area contributed by atoms with Gasteiger partial charge in [0, 0.05) is 6.54 Å². The second kappa shape index (κ2) is 7.03. The standard InChI is InChI=1S/C19H22FNO2S/c1-15-9-11-18(12-10-15)24(22,23)21-13-4-2-3-8-19(21)16-6-5-7-17(20)14-16/h5-7,9-12,14,19H,2-4,8,13H2,1H3. The van der Waals surface area contributed by atoms with Crippen molar-refractivity contribution in [3.8, 4) is 0 Å². The van der Waals surface area contributed by atoms with Crippen LogP contribution in [0.2, 0.25) is 0 Å². The summed E-state index contributed by atoms with van der Waals surface area (Å²) in [6.07, 6.45) is 3.48. The number of benzene rings is 2. The quantitative estimate of drug-likeness (QED) is 0.823. The van der Waals surface area contributed by atoms with Crippen molar-refractivity contribution < 1.29 is 12.8 Å². The molecular formula is C19H22FNO2S.